The molecule has 0 aliphatic carbocycles. The Morgan fingerprint density at radius 1 is 1.22 bits per heavy atom. The van der Waals surface area contributed by atoms with Gasteiger partial charge in [0.25, 0.3) is 0 Å². The summed E-state index contributed by atoms with van der Waals surface area (Å²) in [5, 5.41) is 0. The lowest BCUT2D eigenvalue weighted by Crippen LogP contribution is -2.29. The topological polar surface area (TPSA) is 41.7 Å². The van der Waals surface area contributed by atoms with E-state index in [1.54, 1.807) is 12.1 Å². The molecule has 1 aromatic rings. The summed E-state index contributed by atoms with van der Waals surface area (Å²) in [4.78, 5) is 4.07. The van der Waals surface area contributed by atoms with E-state index < -0.39 is 6.61 Å². The summed E-state index contributed by atoms with van der Waals surface area (Å²) >= 11 is 0. The molecule has 0 aromatic heterocycles. The van der Waals surface area contributed by atoms with Gasteiger partial charge < -0.3 is 20.3 Å². The van der Waals surface area contributed by atoms with E-state index in [4.69, 9.17) is 5.73 Å². The van der Waals surface area contributed by atoms with Gasteiger partial charge in [0.1, 0.15) is 5.75 Å². The van der Waals surface area contributed by atoms with Gasteiger partial charge in [-0.25, -0.2) is 0 Å². The molecule has 98 valence electrons. The number of anilines is 1. The zero-order valence-electron chi connectivity index (χ0n) is 9.80. The molecule has 0 atom stereocenters. The molecule has 0 spiro atoms. The van der Waals surface area contributed by atoms with Crippen molar-refractivity contribution in [3.63, 3.8) is 0 Å². The molecule has 0 saturated carbocycles. The predicted octanol–water partition coefficient (Wildman–Crippen LogP) is 1.80. The molecule has 0 radical (unpaired) electrons. The van der Waals surface area contributed by atoms with E-state index in [2.05, 4.69) is 9.64 Å². The van der Waals surface area contributed by atoms with Gasteiger partial charge in [-0.3, -0.25) is 0 Å². The molecule has 1 aliphatic heterocycles. The van der Waals surface area contributed by atoms with Crippen LogP contribution in [0.1, 0.15) is 0 Å². The van der Waals surface area contributed by atoms with E-state index in [0.717, 1.165) is 12.2 Å². The molecule has 1 heterocycles. The second kappa shape index (κ2) is 5.68. The van der Waals surface area contributed by atoms with Crippen molar-refractivity contribution >= 4 is 5.69 Å². The normalized spacial score (nSPS) is 14.7. The number of nitrogens with zero attached hydrogens (tertiary/aromatic N) is 2. The number of benzene rings is 1. The third-order valence-electron chi connectivity index (χ3n) is 2.60. The summed E-state index contributed by atoms with van der Waals surface area (Å²) in [5.74, 6) is 0.163. The lowest BCUT2D eigenvalue weighted by molar-refractivity contribution is -0.0498. The largest absolute Gasteiger partial charge is 0.435 e. The monoisotopic (exact) mass is 255 g/mol. The van der Waals surface area contributed by atoms with E-state index >= 15 is 0 Å². The van der Waals surface area contributed by atoms with Gasteiger partial charge in [-0.2, -0.15) is 8.78 Å². The molecule has 18 heavy (non-hydrogen) atoms. The van der Waals surface area contributed by atoms with Gasteiger partial charge >= 0.3 is 6.61 Å². The lowest BCUT2D eigenvalue weighted by Gasteiger charge is -2.20. The number of ether oxygens (including phenoxy) is 1. The van der Waals surface area contributed by atoms with Crippen molar-refractivity contribution in [3.8, 4) is 5.75 Å². The Morgan fingerprint density at radius 3 is 2.56 bits per heavy atom. The van der Waals surface area contributed by atoms with Gasteiger partial charge in [-0.1, -0.05) is 0 Å². The molecule has 2 rings (SSSR count). The van der Waals surface area contributed by atoms with Crippen molar-refractivity contribution in [2.45, 2.75) is 6.61 Å². The first-order valence-corrected chi connectivity index (χ1v) is 5.63. The van der Waals surface area contributed by atoms with Crippen LogP contribution in [-0.2, 0) is 0 Å². The number of alkyl halides is 2. The van der Waals surface area contributed by atoms with Crippen molar-refractivity contribution in [1.82, 2.24) is 4.90 Å². The highest BCUT2D eigenvalue weighted by Gasteiger charge is 2.13. The number of nitrogens with two attached hydrogens (primary N) is 1. The van der Waals surface area contributed by atoms with Crippen LogP contribution < -0.4 is 15.4 Å². The molecule has 0 fully saturated rings. The van der Waals surface area contributed by atoms with Gasteiger partial charge in [-0.15, -0.1) is 0 Å². The van der Waals surface area contributed by atoms with Gasteiger partial charge in [0.05, 0.1) is 6.67 Å². The molecule has 1 aromatic carbocycles. The van der Waals surface area contributed by atoms with E-state index in [-0.39, 0.29) is 5.75 Å². The molecule has 6 heteroatoms. The Kier molecular flexibility index (Phi) is 3.99. The molecule has 0 amide bonds. The van der Waals surface area contributed by atoms with Crippen LogP contribution in [0.4, 0.5) is 14.5 Å². The van der Waals surface area contributed by atoms with Crippen LogP contribution in [-0.4, -0.2) is 31.3 Å². The standard InChI is InChI=1S/C12H15F2N3O/c13-12(14)18-11-3-1-10(2-4-11)17-8-7-16(9-17)6-5-15/h1-4,7-8,12H,5-6,9,15H2. The van der Waals surface area contributed by atoms with Crippen LogP contribution >= 0.6 is 0 Å². The van der Waals surface area contributed by atoms with E-state index in [9.17, 15) is 8.78 Å². The van der Waals surface area contributed by atoms with Crippen molar-refractivity contribution in [2.24, 2.45) is 5.73 Å². The Morgan fingerprint density at radius 2 is 1.94 bits per heavy atom. The highest BCUT2D eigenvalue weighted by atomic mass is 19.3. The van der Waals surface area contributed by atoms with Crippen LogP contribution in [0.3, 0.4) is 0 Å². The summed E-state index contributed by atoms with van der Waals surface area (Å²) < 4.78 is 28.3. The molecule has 4 nitrogen and oxygen atoms in total. The molecule has 1 aliphatic rings. The van der Waals surface area contributed by atoms with Crippen molar-refractivity contribution in [1.29, 1.82) is 0 Å². The second-order valence-electron chi connectivity index (χ2n) is 3.88. The number of rotatable bonds is 5. The van der Waals surface area contributed by atoms with Crippen LogP contribution in [0.25, 0.3) is 0 Å². The number of hydrogen-bond acceptors (Lipinski definition) is 4. The minimum absolute atomic E-state index is 0.163. The summed E-state index contributed by atoms with van der Waals surface area (Å²) in [7, 11) is 0. The minimum atomic E-state index is -2.79. The summed E-state index contributed by atoms with van der Waals surface area (Å²) in [6.07, 6.45) is 3.88. The molecular formula is C12H15F2N3O. The lowest BCUT2D eigenvalue weighted by atomic mass is 10.3. The first-order chi connectivity index (χ1) is 8.69. The number of halogens is 2. The fourth-order valence-electron chi connectivity index (χ4n) is 1.76. The quantitative estimate of drug-likeness (QED) is 0.871. The average Bonchev–Trinajstić information content (AvgIpc) is 2.78. The van der Waals surface area contributed by atoms with Gasteiger partial charge in [0, 0.05) is 31.2 Å². The second-order valence-corrected chi connectivity index (χ2v) is 3.88. The van der Waals surface area contributed by atoms with Crippen LogP contribution in [0.5, 0.6) is 5.75 Å². The average molecular weight is 255 g/mol. The Balaban J connectivity index is 1.96. The van der Waals surface area contributed by atoms with Crippen molar-refractivity contribution in [2.75, 3.05) is 24.7 Å². The van der Waals surface area contributed by atoms with E-state index in [1.807, 2.05) is 17.3 Å². The van der Waals surface area contributed by atoms with E-state index in [1.165, 1.54) is 12.1 Å². The van der Waals surface area contributed by atoms with Crippen LogP contribution in [0.2, 0.25) is 0 Å². The molecular weight excluding hydrogens is 240 g/mol. The molecule has 2 N–H and O–H groups in total. The third kappa shape index (κ3) is 3.10. The molecule has 0 bridgehead atoms. The summed E-state index contributed by atoms with van der Waals surface area (Å²) in [6.45, 7) is -0.687. The predicted molar refractivity (Wildman–Crippen MR) is 65.3 cm³/mol. The molecule has 0 unspecified atom stereocenters. The highest BCUT2D eigenvalue weighted by molar-refractivity contribution is 5.52. The zero-order chi connectivity index (χ0) is 13.0. The van der Waals surface area contributed by atoms with Crippen LogP contribution in [0, 0.1) is 0 Å². The van der Waals surface area contributed by atoms with E-state index in [0.29, 0.717) is 13.2 Å². The maximum Gasteiger partial charge on any atom is 0.387 e. The first-order valence-electron chi connectivity index (χ1n) is 5.63. The zero-order valence-corrected chi connectivity index (χ0v) is 9.80. The Labute approximate surface area is 104 Å². The van der Waals surface area contributed by atoms with Gasteiger partial charge in [-0.05, 0) is 24.3 Å². The first kappa shape index (κ1) is 12.6. The summed E-state index contributed by atoms with van der Waals surface area (Å²) in [6, 6.07) is 6.55. The van der Waals surface area contributed by atoms with Gasteiger partial charge in [0.15, 0.2) is 0 Å². The maximum atomic E-state index is 12.0. The highest BCUT2D eigenvalue weighted by Crippen LogP contribution is 2.23. The van der Waals surface area contributed by atoms with Gasteiger partial charge in [0.2, 0.25) is 0 Å². The van der Waals surface area contributed by atoms with Crippen LogP contribution in [0.15, 0.2) is 36.7 Å². The Hall–Kier alpha value is -1.82. The molecule has 0 saturated heterocycles. The van der Waals surface area contributed by atoms with Crippen molar-refractivity contribution in [3.05, 3.63) is 36.7 Å². The smallest absolute Gasteiger partial charge is 0.387 e. The number of hydrogen-bond donors (Lipinski definition) is 1. The fourth-order valence-corrected chi connectivity index (χ4v) is 1.76. The maximum absolute atomic E-state index is 12.0. The van der Waals surface area contributed by atoms with Crippen molar-refractivity contribution < 1.29 is 13.5 Å². The summed E-state index contributed by atoms with van der Waals surface area (Å²) in [5.41, 5.74) is 6.40. The minimum Gasteiger partial charge on any atom is -0.435 e. The SMILES string of the molecule is NCCN1C=CN(c2ccc(OC(F)F)cc2)C1. The Bertz CT molecular complexity index is 408. The third-order valence-corrected chi connectivity index (χ3v) is 2.60. The fraction of sp³-hybridized carbons (Fsp3) is 0.333.